The number of aliphatic carboxylic acids is 1. The fourth-order valence-corrected chi connectivity index (χ4v) is 8.16. The molecule has 0 amide bonds. The lowest BCUT2D eigenvalue weighted by atomic mass is 9.63. The van der Waals surface area contributed by atoms with Gasteiger partial charge in [0.05, 0.1) is 18.1 Å². The summed E-state index contributed by atoms with van der Waals surface area (Å²) in [6.45, 7) is 4.42. The molecule has 6 heteroatoms. The Morgan fingerprint density at radius 1 is 0.870 bits per heavy atom. The lowest BCUT2D eigenvalue weighted by Crippen LogP contribution is -2.40. The Labute approximate surface area is 287 Å². The van der Waals surface area contributed by atoms with E-state index < -0.39 is 18.0 Å². The zero-order valence-corrected chi connectivity index (χ0v) is 30.2. The van der Waals surface area contributed by atoms with Crippen LogP contribution in [0.25, 0.3) is 0 Å². The number of unbranched alkanes of at least 4 members (excludes halogenated alkanes) is 13. The molecule has 0 bridgehead atoms. The van der Waals surface area contributed by atoms with Crippen molar-refractivity contribution in [2.75, 3.05) is 0 Å². The highest BCUT2D eigenvalue weighted by Gasteiger charge is 2.42. The SMILES string of the molecule is CCCCCCCCCCCCCCCCC(=O)CC(CCC=CC[C@@H]1[C@@H](C=CC[C@H](O)C2(CC)CCC2)[C@H](O)C[C@H]1Cl)C(=O)O. The molecule has 0 spiro atoms. The van der Waals surface area contributed by atoms with E-state index in [2.05, 4.69) is 26.0 Å². The highest BCUT2D eigenvalue weighted by Crippen LogP contribution is 2.48. The number of carbonyl (C=O) groups excluding carboxylic acids is 1. The van der Waals surface area contributed by atoms with Crippen molar-refractivity contribution in [1.82, 2.24) is 0 Å². The first-order valence-electron chi connectivity index (χ1n) is 19.3. The van der Waals surface area contributed by atoms with E-state index >= 15 is 0 Å². The molecular formula is C40H69ClO5. The van der Waals surface area contributed by atoms with Crippen LogP contribution in [0, 0.1) is 23.2 Å². The summed E-state index contributed by atoms with van der Waals surface area (Å²) < 4.78 is 0. The van der Waals surface area contributed by atoms with Crippen LogP contribution < -0.4 is 0 Å². The maximum atomic E-state index is 12.5. The molecule has 6 atom stereocenters. The standard InChI is InChI=1S/C40H69ClO5/c1-3-5-6-7-8-9-10-11-12-13-14-15-16-19-24-33(42)30-32(39(45)46)23-18-17-20-25-34-35(37(43)31-36(34)41)26-21-27-38(44)40(4-2)28-22-29-40/h17,20-21,26,32,34-38,43-44H,3-16,18-19,22-25,27-31H2,1-2H3,(H,45,46)/t32?,34-,35-,36-,37-,38+/m1/s1. The van der Waals surface area contributed by atoms with Gasteiger partial charge in [-0.1, -0.05) is 128 Å². The average molecular weight is 665 g/mol. The van der Waals surface area contributed by atoms with Gasteiger partial charge in [-0.25, -0.2) is 0 Å². The van der Waals surface area contributed by atoms with Gasteiger partial charge >= 0.3 is 5.97 Å². The minimum absolute atomic E-state index is 0.0439. The van der Waals surface area contributed by atoms with Gasteiger partial charge in [-0.3, -0.25) is 9.59 Å². The Kier molecular flexibility index (Phi) is 21.4. The molecule has 0 aliphatic heterocycles. The van der Waals surface area contributed by atoms with Crippen LogP contribution in [-0.4, -0.2) is 44.7 Å². The number of hydrogen-bond donors (Lipinski definition) is 3. The number of allylic oxidation sites excluding steroid dienone is 2. The minimum Gasteiger partial charge on any atom is -0.481 e. The summed E-state index contributed by atoms with van der Waals surface area (Å²) in [6.07, 6.45) is 33.2. The van der Waals surface area contributed by atoms with Crippen LogP contribution in [0.1, 0.15) is 174 Å². The van der Waals surface area contributed by atoms with Gasteiger partial charge in [0.2, 0.25) is 0 Å². The molecule has 1 unspecified atom stereocenters. The van der Waals surface area contributed by atoms with Crippen LogP contribution >= 0.6 is 11.6 Å². The van der Waals surface area contributed by atoms with E-state index in [4.69, 9.17) is 11.6 Å². The van der Waals surface area contributed by atoms with Crippen LogP contribution in [0.2, 0.25) is 0 Å². The molecule has 2 saturated carbocycles. The molecule has 2 aliphatic carbocycles. The maximum Gasteiger partial charge on any atom is 0.306 e. The molecule has 266 valence electrons. The molecule has 2 aliphatic rings. The number of carboxylic acids is 1. The highest BCUT2D eigenvalue weighted by molar-refractivity contribution is 6.21. The van der Waals surface area contributed by atoms with E-state index in [1.807, 2.05) is 12.2 Å². The van der Waals surface area contributed by atoms with Crippen molar-refractivity contribution in [2.45, 2.75) is 192 Å². The smallest absolute Gasteiger partial charge is 0.306 e. The van der Waals surface area contributed by atoms with E-state index in [1.165, 1.54) is 77.0 Å². The van der Waals surface area contributed by atoms with Crippen LogP contribution in [-0.2, 0) is 9.59 Å². The number of Topliss-reactive ketones (excluding diaryl/α,β-unsaturated/α-hetero) is 1. The molecule has 3 N–H and O–H groups in total. The van der Waals surface area contributed by atoms with Gasteiger partial charge in [0.15, 0.2) is 0 Å². The molecule has 0 heterocycles. The molecule has 46 heavy (non-hydrogen) atoms. The third kappa shape index (κ3) is 15.4. The summed E-state index contributed by atoms with van der Waals surface area (Å²) in [5, 5.41) is 31.0. The molecule has 2 fully saturated rings. The summed E-state index contributed by atoms with van der Waals surface area (Å²) in [6, 6.07) is 0. The lowest BCUT2D eigenvalue weighted by Gasteiger charge is -2.45. The summed E-state index contributed by atoms with van der Waals surface area (Å²) >= 11 is 6.62. The van der Waals surface area contributed by atoms with Crippen LogP contribution in [0.3, 0.4) is 0 Å². The van der Waals surface area contributed by atoms with Crippen molar-refractivity contribution < 1.29 is 24.9 Å². The van der Waals surface area contributed by atoms with Crippen molar-refractivity contribution in [3.8, 4) is 0 Å². The molecule has 0 aromatic rings. The number of alkyl halides is 1. The molecule has 0 saturated heterocycles. The van der Waals surface area contributed by atoms with E-state index in [9.17, 15) is 24.9 Å². The van der Waals surface area contributed by atoms with E-state index in [0.717, 1.165) is 44.9 Å². The number of halogens is 1. The molecule has 0 aromatic heterocycles. The van der Waals surface area contributed by atoms with E-state index in [1.54, 1.807) is 0 Å². The third-order valence-corrected chi connectivity index (χ3v) is 11.7. The second-order valence-electron chi connectivity index (χ2n) is 14.7. The number of hydrogen-bond acceptors (Lipinski definition) is 4. The average Bonchev–Trinajstić information content (AvgIpc) is 3.27. The van der Waals surface area contributed by atoms with Gasteiger partial charge in [0, 0.05) is 24.1 Å². The molecule has 5 nitrogen and oxygen atoms in total. The van der Waals surface area contributed by atoms with Crippen LogP contribution in [0.15, 0.2) is 24.3 Å². The Hall–Kier alpha value is -1.17. The number of aliphatic hydroxyl groups excluding tert-OH is 2. The van der Waals surface area contributed by atoms with Crippen LogP contribution in [0.5, 0.6) is 0 Å². The first-order valence-corrected chi connectivity index (χ1v) is 19.7. The maximum absolute atomic E-state index is 12.5. The van der Waals surface area contributed by atoms with Gasteiger partial charge in [-0.05, 0) is 69.1 Å². The first-order chi connectivity index (χ1) is 22.2. The van der Waals surface area contributed by atoms with Gasteiger partial charge < -0.3 is 15.3 Å². The van der Waals surface area contributed by atoms with Crippen LogP contribution in [0.4, 0.5) is 0 Å². The fraction of sp³-hybridized carbons (Fsp3) is 0.850. The molecule has 2 rings (SSSR count). The Bertz CT molecular complexity index is 875. The number of carboxylic acid groups (broad SMARTS) is 1. The van der Waals surface area contributed by atoms with E-state index in [0.29, 0.717) is 32.1 Å². The summed E-state index contributed by atoms with van der Waals surface area (Å²) in [4.78, 5) is 24.4. The fourth-order valence-electron chi connectivity index (χ4n) is 7.71. The molecule has 0 aromatic carbocycles. The summed E-state index contributed by atoms with van der Waals surface area (Å²) in [5.74, 6) is -1.39. The molecular weight excluding hydrogens is 596 g/mol. The topological polar surface area (TPSA) is 94.8 Å². The number of carbonyl (C=O) groups is 2. The summed E-state index contributed by atoms with van der Waals surface area (Å²) in [7, 11) is 0. The van der Waals surface area contributed by atoms with E-state index in [-0.39, 0.29) is 40.9 Å². The quantitative estimate of drug-likeness (QED) is 0.0439. The normalized spacial score (nSPS) is 24.0. The van der Waals surface area contributed by atoms with Gasteiger partial charge in [0.25, 0.3) is 0 Å². The highest BCUT2D eigenvalue weighted by atomic mass is 35.5. The van der Waals surface area contributed by atoms with Crippen molar-refractivity contribution >= 4 is 23.4 Å². The van der Waals surface area contributed by atoms with Crippen molar-refractivity contribution in [3.05, 3.63) is 24.3 Å². The second kappa shape index (κ2) is 24.0. The lowest BCUT2D eigenvalue weighted by molar-refractivity contribution is -0.144. The van der Waals surface area contributed by atoms with Crippen molar-refractivity contribution in [3.63, 3.8) is 0 Å². The number of aliphatic hydroxyl groups is 2. The van der Waals surface area contributed by atoms with Crippen molar-refractivity contribution in [2.24, 2.45) is 23.2 Å². The number of rotatable bonds is 28. The largest absolute Gasteiger partial charge is 0.481 e. The van der Waals surface area contributed by atoms with Gasteiger partial charge in [-0.15, -0.1) is 11.6 Å². The third-order valence-electron chi connectivity index (χ3n) is 11.2. The predicted octanol–water partition coefficient (Wildman–Crippen LogP) is 10.7. The zero-order valence-electron chi connectivity index (χ0n) is 29.5. The van der Waals surface area contributed by atoms with Crippen molar-refractivity contribution in [1.29, 1.82) is 0 Å². The molecule has 0 radical (unpaired) electrons. The monoisotopic (exact) mass is 664 g/mol. The number of ketones is 1. The second-order valence-corrected chi connectivity index (χ2v) is 15.3. The minimum atomic E-state index is -0.887. The zero-order chi connectivity index (χ0) is 33.6. The first kappa shape index (κ1) is 41.0. The Morgan fingerprint density at radius 3 is 1.98 bits per heavy atom. The summed E-state index contributed by atoms with van der Waals surface area (Å²) in [5.41, 5.74) is 0.0696. The Morgan fingerprint density at radius 2 is 1.46 bits per heavy atom. The van der Waals surface area contributed by atoms with Gasteiger partial charge in [0.1, 0.15) is 5.78 Å². The van der Waals surface area contributed by atoms with Gasteiger partial charge in [-0.2, -0.15) is 0 Å². The predicted molar refractivity (Wildman–Crippen MR) is 192 cm³/mol. The Balaban J connectivity index is 1.58.